The van der Waals surface area contributed by atoms with Crippen LogP contribution in [0.25, 0.3) is 33.3 Å². The molecule has 4 amide bonds. The van der Waals surface area contributed by atoms with Crippen molar-refractivity contribution in [2.75, 3.05) is 135 Å². The van der Waals surface area contributed by atoms with Gasteiger partial charge in [-0.25, -0.2) is 49.2 Å². The number of anilines is 3. The Morgan fingerprint density at radius 1 is 0.672 bits per heavy atom. The highest BCUT2D eigenvalue weighted by Gasteiger charge is 2.45. The zero-order valence-electron chi connectivity index (χ0n) is 78.5. The lowest BCUT2D eigenvalue weighted by Gasteiger charge is -2.38. The molecule has 35 nitrogen and oxygen atoms in total. The van der Waals surface area contributed by atoms with Crippen LogP contribution in [0.1, 0.15) is 176 Å². The topological polar surface area (TPSA) is 418 Å². The lowest BCUT2D eigenvalue weighted by Crippen LogP contribution is -2.55. The van der Waals surface area contributed by atoms with Crippen molar-refractivity contribution in [1.82, 2.24) is 69.7 Å². The number of benzene rings is 1. The number of allylic oxidation sites excluding steroid dienone is 6. The van der Waals surface area contributed by atoms with Gasteiger partial charge in [0.1, 0.15) is 59.4 Å². The Morgan fingerprint density at radius 2 is 1.41 bits per heavy atom. The number of ketones is 3. The van der Waals surface area contributed by atoms with E-state index in [1.165, 1.54) is 29.2 Å². The number of fused-ring (bicyclic) bond motifs is 7. The van der Waals surface area contributed by atoms with Crippen LogP contribution >= 0.6 is 0 Å². The van der Waals surface area contributed by atoms with Crippen molar-refractivity contribution in [3.05, 3.63) is 149 Å². The summed E-state index contributed by atoms with van der Waals surface area (Å²) in [4.78, 5) is 156. The van der Waals surface area contributed by atoms with Gasteiger partial charge in [-0.1, -0.05) is 82.4 Å². The number of aromatic nitrogens is 10. The Morgan fingerprint density at radius 3 is 2.18 bits per heavy atom. The van der Waals surface area contributed by atoms with E-state index >= 15 is 0 Å². The maximum absolute atomic E-state index is 14.7. The zero-order valence-corrected chi connectivity index (χ0v) is 78.5. The number of aromatic amines is 1. The summed E-state index contributed by atoms with van der Waals surface area (Å²) < 4.78 is 55.7. The van der Waals surface area contributed by atoms with E-state index in [1.807, 2.05) is 86.0 Å². The van der Waals surface area contributed by atoms with Gasteiger partial charge in [-0.2, -0.15) is 5.10 Å². The number of aliphatic hydroxyl groups is 1. The maximum Gasteiger partial charge on any atom is 0.410 e. The number of ether oxygens (including phenoxy) is 9. The molecule has 6 aromatic heterocycles. The van der Waals surface area contributed by atoms with Crippen molar-refractivity contribution in [2.45, 2.75) is 219 Å². The Bertz CT molecular complexity index is 5340. The largest absolute Gasteiger partial charge is 0.460 e. The molecule has 1 aromatic carbocycles. The minimum absolute atomic E-state index is 0.0314. The molecular formula is C99H131N17O18. The van der Waals surface area contributed by atoms with Crippen molar-refractivity contribution in [3.8, 4) is 11.3 Å². The second-order valence-corrected chi connectivity index (χ2v) is 36.7. The lowest BCUT2D eigenvalue weighted by molar-refractivity contribution is -0.169. The van der Waals surface area contributed by atoms with E-state index in [4.69, 9.17) is 63.4 Å². The third kappa shape index (κ3) is 26.1. The number of hydrogen-bond donors (Lipinski definition) is 4. The maximum atomic E-state index is 14.7. The molecule has 1 saturated carbocycles. The van der Waals surface area contributed by atoms with Crippen LogP contribution in [-0.4, -0.2) is 285 Å². The molecule has 7 aliphatic rings. The molecule has 1 aliphatic carbocycles. The number of Topliss-reactive ketones (excluding diaryl/α,β-unsaturated/α-hetero) is 3. The normalized spacial score (nSPS) is 26.0. The molecule has 12 heterocycles. The number of piperidine rings is 1. The van der Waals surface area contributed by atoms with Crippen LogP contribution in [0.2, 0.25) is 0 Å². The van der Waals surface area contributed by atoms with E-state index < -0.39 is 66.2 Å². The van der Waals surface area contributed by atoms with Crippen LogP contribution in [0.15, 0.2) is 115 Å². The number of carbonyl (C=O) groups excluding carboxylic acids is 8. The first-order valence-corrected chi connectivity index (χ1v) is 47.6. The van der Waals surface area contributed by atoms with Gasteiger partial charge >= 0.3 is 12.1 Å². The summed E-state index contributed by atoms with van der Waals surface area (Å²) in [6.07, 6.45) is 23.8. The molecule has 5 N–H and O–H groups in total. The van der Waals surface area contributed by atoms with Gasteiger partial charge in [-0.3, -0.25) is 28.8 Å². The van der Waals surface area contributed by atoms with Crippen molar-refractivity contribution in [3.63, 3.8) is 0 Å². The number of aliphatic hydroxyl groups excluding tert-OH is 1. The lowest BCUT2D eigenvalue weighted by atomic mass is 9.81. The van der Waals surface area contributed by atoms with Crippen molar-refractivity contribution in [2.24, 2.45) is 29.6 Å². The molecule has 2 bridgehead atoms. The highest BCUT2D eigenvalue weighted by atomic mass is 16.6. The van der Waals surface area contributed by atoms with E-state index in [1.54, 1.807) is 51.4 Å². The van der Waals surface area contributed by atoms with Crippen LogP contribution in [-0.2, 0) is 104 Å². The van der Waals surface area contributed by atoms with Gasteiger partial charge in [0.25, 0.3) is 11.8 Å². The fourth-order valence-corrected chi connectivity index (χ4v) is 19.0. The highest BCUT2D eigenvalue weighted by Crippen LogP contribution is 2.38. The predicted octanol–water partition coefficient (Wildman–Crippen LogP) is 10.2. The van der Waals surface area contributed by atoms with Crippen molar-refractivity contribution >= 4 is 86.9 Å². The van der Waals surface area contributed by atoms with E-state index in [2.05, 4.69) is 63.2 Å². The summed E-state index contributed by atoms with van der Waals surface area (Å²) >= 11 is 0. The van der Waals surface area contributed by atoms with Gasteiger partial charge < -0.3 is 88.3 Å². The monoisotopic (exact) mass is 1850 g/mol. The predicted molar refractivity (Wildman–Crippen MR) is 500 cm³/mol. The van der Waals surface area contributed by atoms with Gasteiger partial charge in [-0.15, -0.1) is 0 Å². The molecular weight excluding hydrogens is 1720 g/mol. The number of esters is 1. The first-order valence-electron chi connectivity index (χ1n) is 47.6. The quantitative estimate of drug-likeness (QED) is 0.0161. The average Bonchev–Trinajstić information content (AvgIpc) is 1.54. The number of nitrogen functional groups attached to an aromatic ring is 1. The number of methoxy groups -OCH3 is 2. The fourth-order valence-electron chi connectivity index (χ4n) is 19.0. The highest BCUT2D eigenvalue weighted by molar-refractivity contribution is 6.38. The number of pyridine rings is 1. The molecule has 134 heavy (non-hydrogen) atoms. The number of carbonyl (C=O) groups is 8. The Labute approximate surface area is 782 Å². The van der Waals surface area contributed by atoms with Crippen molar-refractivity contribution < 1.29 is 86.1 Å². The Hall–Kier alpha value is -11.2. The minimum atomic E-state index is -1.11. The molecule has 2 unspecified atom stereocenters. The van der Waals surface area contributed by atoms with E-state index in [9.17, 15) is 43.5 Å². The van der Waals surface area contributed by atoms with Crippen LogP contribution in [0.5, 0.6) is 0 Å². The molecule has 3 saturated heterocycles. The molecule has 14 rings (SSSR count). The number of nitrogens with two attached hydrogens (primary N) is 1. The molecule has 6 aliphatic heterocycles. The van der Waals surface area contributed by atoms with Crippen LogP contribution in [0, 0.1) is 29.6 Å². The summed E-state index contributed by atoms with van der Waals surface area (Å²) in [5, 5.41) is 20.8. The molecule has 35 heteroatoms. The van der Waals surface area contributed by atoms with Gasteiger partial charge in [0.05, 0.1) is 113 Å². The first-order chi connectivity index (χ1) is 64.9. The number of cyclic esters (lactones) is 1. The third-order valence-corrected chi connectivity index (χ3v) is 27.0. The Balaban J connectivity index is 0.465. The van der Waals surface area contributed by atoms with Crippen LogP contribution in [0.3, 0.4) is 0 Å². The number of piperazine rings is 1. The molecule has 0 spiro atoms. The smallest absolute Gasteiger partial charge is 0.410 e. The SMILES string of the molecule is CO[C@H]1CC2CC[C@@H](C)C(O2)C(=O)C(=O)N2CCCC[C@H]2C(=O)O[C@H](CC[C@@H]2CC[C@@H](OC(=O)N3CCc4nc(N5CCN(c6ncc(C(=O)NCCOCCOCCOCCOCCC(=O)N7CCc8cc(Cn9nc(-c%10cnc%11[nH]ccc%11c%10)c%10c(N)ncnc%109)ccc8C7)cn6)CC5)ncc4C3)[C@H](OC)C2)CC(=O)[C@H](C)/C=C(\C)[C@@H](O)CC(=O)[C@H](C)C[C@H](C)/C=C/C=C/C=C/1C. The van der Waals surface area contributed by atoms with E-state index in [-0.39, 0.29) is 118 Å². The molecule has 13 atom stereocenters. The number of nitrogens with one attached hydrogen (secondary N) is 2. The summed E-state index contributed by atoms with van der Waals surface area (Å²) in [7, 11) is 3.23. The van der Waals surface area contributed by atoms with Crippen LogP contribution < -0.4 is 20.9 Å². The van der Waals surface area contributed by atoms with E-state index in [0.29, 0.717) is 215 Å². The number of H-pyrrole nitrogens is 1. The summed E-state index contributed by atoms with van der Waals surface area (Å²) in [5.74, 6) is -2.53. The number of nitrogens with zero attached hydrogens (tertiary/aromatic N) is 14. The molecule has 4 fully saturated rings. The molecule has 0 radical (unpaired) electrons. The zero-order chi connectivity index (χ0) is 94.3. The fraction of sp³-hybridized carbons (Fsp3) is 0.576. The number of amides is 4. The standard InChI is InChI=1S/C99H131N17O18/c1-62-14-10-9-11-15-63(2)84(126-7)52-77-22-17-64(3)90(132-77)89(121)95(123)115-31-13-12-16-79(115)96(124)133-76(51-80(117)66(5)47-67(6)82(119)53-81(118)65(4)46-62)23-19-68-20-24-83(85(49-68)127-8)134-99(125)114-33-27-78-75(60-114)57-106-98(109-78)112-36-34-111(35-37-112)97-104-55-74(56-105-97)94(122)102-30-39-129-41-43-131-45-44-130-42-40-128-38-28-86(120)113-32-26-70-48-69(18-21-72(70)59-113)58-116-93-87(91(100)107-61-108-93)88(110-116)73-50-71-25-29-101-92(71)103-54-73/h9-11,14-15,18,21,25,29,47-48,50,54-57,61-62,64-66,68,76-77,79,82-85,90,119H,12-13,16-17,19-20,22-24,26-28,30-46,49,51-53,58-60H2,1-8H3,(H,101,103)(H,102,122)(H2,100,107,108)/b11-9+,14-10+,63-15+,67-47+/t62-,64-,65-,66-,68-,76-,77?,79+,82+,83-,84+,85-,90?/m1/s1. The second-order valence-electron chi connectivity index (χ2n) is 36.7. The van der Waals surface area contributed by atoms with E-state index in [0.717, 1.165) is 51.0 Å². The van der Waals surface area contributed by atoms with Gasteiger partial charge in [-0.05, 0) is 149 Å². The van der Waals surface area contributed by atoms with Gasteiger partial charge in [0, 0.05) is 158 Å². The van der Waals surface area contributed by atoms with Crippen LogP contribution in [0.4, 0.5) is 22.5 Å². The van der Waals surface area contributed by atoms with Gasteiger partial charge in [0.15, 0.2) is 5.65 Å². The summed E-state index contributed by atoms with van der Waals surface area (Å²) in [6.45, 7) is 19.1. The summed E-state index contributed by atoms with van der Waals surface area (Å²) in [6, 6.07) is 9.27. The average molecular weight is 1850 g/mol. The number of hydrogen-bond acceptors (Lipinski definition) is 29. The Kier molecular flexibility index (Phi) is 35.3. The van der Waals surface area contributed by atoms with Gasteiger partial charge in [0.2, 0.25) is 23.6 Å². The molecule has 720 valence electrons. The second kappa shape index (κ2) is 47.8. The molecule has 7 aromatic rings. The summed E-state index contributed by atoms with van der Waals surface area (Å²) in [5.41, 5.74) is 16.1. The van der Waals surface area contributed by atoms with Crippen molar-refractivity contribution in [1.29, 1.82) is 0 Å². The number of rotatable bonds is 27. The minimum Gasteiger partial charge on any atom is -0.460 e. The first kappa shape index (κ1) is 98.8. The third-order valence-electron chi connectivity index (χ3n) is 27.0.